The topological polar surface area (TPSA) is 108 Å². The Bertz CT molecular complexity index is 507. The van der Waals surface area contributed by atoms with Crippen molar-refractivity contribution in [3.8, 4) is 0 Å². The maximum Gasteiger partial charge on any atom is 0.162 e. The minimum atomic E-state index is -0.672. The van der Waals surface area contributed by atoms with Gasteiger partial charge in [-0.05, 0) is 27.7 Å². The summed E-state index contributed by atoms with van der Waals surface area (Å²) < 4.78 is 23.2. The fraction of sp³-hybridized carbons (Fsp3) is 1.00. The van der Waals surface area contributed by atoms with Gasteiger partial charge in [0, 0.05) is 52.4 Å². The lowest BCUT2D eigenvalue weighted by Gasteiger charge is -2.35. The van der Waals surface area contributed by atoms with Crippen molar-refractivity contribution < 1.29 is 29.2 Å². The molecule has 3 fully saturated rings. The second-order valence-electron chi connectivity index (χ2n) is 9.89. The van der Waals surface area contributed by atoms with E-state index in [0.717, 1.165) is 52.4 Å². The third kappa shape index (κ3) is 7.83. The Hall–Kier alpha value is -0.400. The molecule has 4 atom stereocenters. The number of ether oxygens (including phenoxy) is 4. The number of nitrogens with zero attached hydrogens (tertiary/aromatic N) is 2. The van der Waals surface area contributed by atoms with Crippen LogP contribution in [0.2, 0.25) is 0 Å². The summed E-state index contributed by atoms with van der Waals surface area (Å²) in [6.45, 7) is 15.4. The van der Waals surface area contributed by atoms with Crippen molar-refractivity contribution in [2.75, 3.05) is 78.8 Å². The normalized spacial score (nSPS) is 36.9. The number of rotatable bonds is 2. The third-order valence-electron chi connectivity index (χ3n) is 6.54. The molecule has 0 amide bonds. The number of aliphatic hydroxyl groups is 2. The Morgan fingerprint density at radius 2 is 0.906 bits per heavy atom. The predicted octanol–water partition coefficient (Wildman–Crippen LogP) is -1.19. The molecule has 0 bridgehead atoms. The molecule has 0 aromatic carbocycles. The molecule has 188 valence electrons. The lowest BCUT2D eigenvalue weighted by Crippen LogP contribution is -2.54. The molecule has 3 aliphatic heterocycles. The summed E-state index contributed by atoms with van der Waals surface area (Å²) in [4.78, 5) is 4.58. The van der Waals surface area contributed by atoms with Gasteiger partial charge in [-0.15, -0.1) is 0 Å². The van der Waals surface area contributed by atoms with Gasteiger partial charge in [0.2, 0.25) is 0 Å². The summed E-state index contributed by atoms with van der Waals surface area (Å²) in [7, 11) is 0. The van der Waals surface area contributed by atoms with Crippen LogP contribution in [0.1, 0.15) is 27.7 Å². The van der Waals surface area contributed by atoms with Gasteiger partial charge in [-0.1, -0.05) is 0 Å². The van der Waals surface area contributed by atoms with Crippen molar-refractivity contribution in [1.29, 1.82) is 0 Å². The average molecular weight is 461 g/mol. The lowest BCUT2D eigenvalue weighted by molar-refractivity contribution is -0.204. The number of nitrogens with one attached hydrogen (secondary N) is 2. The quantitative estimate of drug-likeness (QED) is 0.402. The van der Waals surface area contributed by atoms with Crippen LogP contribution in [-0.2, 0) is 18.9 Å². The van der Waals surface area contributed by atoms with Crippen molar-refractivity contribution in [2.45, 2.75) is 63.6 Å². The van der Waals surface area contributed by atoms with E-state index in [2.05, 4.69) is 20.4 Å². The first kappa shape index (κ1) is 26.2. The van der Waals surface area contributed by atoms with E-state index in [4.69, 9.17) is 18.9 Å². The van der Waals surface area contributed by atoms with Gasteiger partial charge in [-0.25, -0.2) is 0 Å². The van der Waals surface area contributed by atoms with Crippen LogP contribution in [0.15, 0.2) is 0 Å². The molecule has 3 rings (SSSR count). The van der Waals surface area contributed by atoms with Crippen molar-refractivity contribution in [3.05, 3.63) is 0 Å². The summed E-state index contributed by atoms with van der Waals surface area (Å²) in [5.74, 6) is -1.34. The number of hydrogen-bond donors (Lipinski definition) is 4. The molecule has 0 radical (unpaired) electrons. The Balaban J connectivity index is 1.54. The van der Waals surface area contributed by atoms with Crippen LogP contribution in [0.3, 0.4) is 0 Å². The second-order valence-corrected chi connectivity index (χ2v) is 9.89. The lowest BCUT2D eigenvalue weighted by atomic mass is 10.1. The van der Waals surface area contributed by atoms with Crippen molar-refractivity contribution in [3.63, 3.8) is 0 Å². The summed E-state index contributed by atoms with van der Waals surface area (Å²) >= 11 is 0. The van der Waals surface area contributed by atoms with Crippen molar-refractivity contribution in [2.24, 2.45) is 0 Å². The zero-order chi connectivity index (χ0) is 23.2. The van der Waals surface area contributed by atoms with Gasteiger partial charge in [-0.2, -0.15) is 0 Å². The third-order valence-corrected chi connectivity index (χ3v) is 6.54. The van der Waals surface area contributed by atoms with E-state index in [-0.39, 0.29) is 25.3 Å². The summed E-state index contributed by atoms with van der Waals surface area (Å²) in [6, 6.07) is -0.192. The van der Waals surface area contributed by atoms with E-state index in [1.165, 1.54) is 0 Å². The number of hydrogen-bond acceptors (Lipinski definition) is 10. The molecule has 10 heteroatoms. The van der Waals surface area contributed by atoms with E-state index < -0.39 is 23.8 Å². The van der Waals surface area contributed by atoms with Gasteiger partial charge in [0.1, 0.15) is 0 Å². The van der Waals surface area contributed by atoms with Gasteiger partial charge in [0.05, 0.1) is 50.7 Å². The fourth-order valence-electron chi connectivity index (χ4n) is 4.40. The van der Waals surface area contributed by atoms with E-state index in [9.17, 15) is 10.2 Å². The molecule has 3 saturated heterocycles. The summed E-state index contributed by atoms with van der Waals surface area (Å²) in [5.41, 5.74) is 0. The first-order chi connectivity index (χ1) is 15.2. The minimum Gasteiger partial charge on any atom is -0.389 e. The largest absolute Gasteiger partial charge is 0.389 e. The minimum absolute atomic E-state index is 0.0959. The van der Waals surface area contributed by atoms with Crippen LogP contribution in [0.5, 0.6) is 0 Å². The Kier molecular flexibility index (Phi) is 9.69. The molecular weight excluding hydrogens is 416 g/mol. The van der Waals surface area contributed by atoms with E-state index in [0.29, 0.717) is 13.2 Å². The van der Waals surface area contributed by atoms with Crippen LogP contribution >= 0.6 is 0 Å². The monoisotopic (exact) mass is 460 g/mol. The van der Waals surface area contributed by atoms with Crippen LogP contribution in [-0.4, -0.2) is 135 Å². The van der Waals surface area contributed by atoms with Gasteiger partial charge < -0.3 is 39.8 Å². The van der Waals surface area contributed by atoms with Gasteiger partial charge in [-0.3, -0.25) is 9.80 Å². The molecule has 4 N–H and O–H groups in total. The molecule has 4 unspecified atom stereocenters. The van der Waals surface area contributed by atoms with E-state index in [1.807, 2.05) is 27.7 Å². The molecule has 0 aliphatic carbocycles. The first-order valence-electron chi connectivity index (χ1n) is 12.0. The van der Waals surface area contributed by atoms with Crippen LogP contribution < -0.4 is 10.6 Å². The maximum atomic E-state index is 10.6. The van der Waals surface area contributed by atoms with Gasteiger partial charge >= 0.3 is 0 Å². The standard InChI is InChI=1S/C22H44N4O6/c1-21(2)29-13-17(19(27)15-31-21)25-9-5-23-7-11-26(12-8-24-6-10-25)18-14-30-22(3,4)32-16-20(18)28/h17-20,23-24,27-28H,5-16H2,1-4H3. The van der Waals surface area contributed by atoms with Crippen LogP contribution in [0, 0.1) is 0 Å². The van der Waals surface area contributed by atoms with Crippen molar-refractivity contribution in [1.82, 2.24) is 20.4 Å². The zero-order valence-corrected chi connectivity index (χ0v) is 20.2. The molecule has 32 heavy (non-hydrogen) atoms. The first-order valence-corrected chi connectivity index (χ1v) is 12.0. The van der Waals surface area contributed by atoms with E-state index >= 15 is 0 Å². The SMILES string of the molecule is CC1(C)OCC(O)C(N2CCNCCN(C3COC(C)(C)OCC3O)CCNCC2)CO1. The average Bonchev–Trinajstić information content (AvgIpc) is 2.95. The van der Waals surface area contributed by atoms with Crippen LogP contribution in [0.25, 0.3) is 0 Å². The van der Waals surface area contributed by atoms with Crippen LogP contribution in [0.4, 0.5) is 0 Å². The zero-order valence-electron chi connectivity index (χ0n) is 20.2. The summed E-state index contributed by atoms with van der Waals surface area (Å²) in [6.07, 6.45) is -1.16. The molecule has 0 aromatic heterocycles. The van der Waals surface area contributed by atoms with E-state index in [1.54, 1.807) is 0 Å². The highest BCUT2D eigenvalue weighted by molar-refractivity contribution is 4.86. The molecule has 0 saturated carbocycles. The Morgan fingerprint density at radius 1 is 0.594 bits per heavy atom. The Morgan fingerprint density at radius 3 is 1.25 bits per heavy atom. The fourth-order valence-corrected chi connectivity index (χ4v) is 4.40. The summed E-state index contributed by atoms with van der Waals surface area (Å²) in [5, 5.41) is 28.3. The molecule has 0 aromatic rings. The highest BCUT2D eigenvalue weighted by atomic mass is 16.7. The highest BCUT2D eigenvalue weighted by Crippen LogP contribution is 2.21. The maximum absolute atomic E-state index is 10.6. The highest BCUT2D eigenvalue weighted by Gasteiger charge is 2.36. The molecule has 0 spiro atoms. The Labute approximate surface area is 192 Å². The second kappa shape index (κ2) is 11.8. The molecular formula is C22H44N4O6. The van der Waals surface area contributed by atoms with Gasteiger partial charge in [0.25, 0.3) is 0 Å². The predicted molar refractivity (Wildman–Crippen MR) is 120 cm³/mol. The van der Waals surface area contributed by atoms with Crippen molar-refractivity contribution >= 4 is 0 Å². The molecule has 3 heterocycles. The van der Waals surface area contributed by atoms with Gasteiger partial charge in [0.15, 0.2) is 11.6 Å². The molecule has 10 nitrogen and oxygen atoms in total. The smallest absolute Gasteiger partial charge is 0.162 e. The number of aliphatic hydroxyl groups excluding tert-OH is 2. The molecule has 3 aliphatic rings.